The number of anilines is 1. The summed E-state index contributed by atoms with van der Waals surface area (Å²) >= 11 is 0. The van der Waals surface area contributed by atoms with Crippen LogP contribution in [0, 0.1) is 11.3 Å². The van der Waals surface area contributed by atoms with E-state index in [0.29, 0.717) is 36.0 Å². The molecule has 1 atom stereocenters. The first-order chi connectivity index (χ1) is 13.5. The molecular formula is C21H18N2O5. The van der Waals surface area contributed by atoms with Crippen molar-refractivity contribution in [2.45, 2.75) is 13.0 Å². The fraction of sp³-hybridized carbons (Fsp3) is 0.190. The highest BCUT2D eigenvalue weighted by Gasteiger charge is 2.17. The topological polar surface area (TPSA) is 97.7 Å². The number of rotatable bonds is 5. The summed E-state index contributed by atoms with van der Waals surface area (Å²) in [5, 5.41) is 11.5. The zero-order chi connectivity index (χ0) is 19.9. The van der Waals surface area contributed by atoms with Gasteiger partial charge in [-0.15, -0.1) is 0 Å². The molecule has 0 fully saturated rings. The minimum Gasteiger partial charge on any atom is -0.486 e. The van der Waals surface area contributed by atoms with Gasteiger partial charge in [-0.05, 0) is 48.9 Å². The van der Waals surface area contributed by atoms with Crippen LogP contribution in [-0.2, 0) is 14.3 Å². The standard InChI is InChI=1S/C21H18N2O5/c1-14(21(25)23-17-4-2-3-16(11-17)13-22)28-20(24)8-6-15-5-7-18-19(12-15)27-10-9-26-18/h2-8,11-12,14H,9-10H2,1H3,(H,23,25)/b8-6+/t14-/m1/s1. The van der Waals surface area contributed by atoms with E-state index in [1.165, 1.54) is 19.1 Å². The number of nitriles is 1. The number of nitrogens with zero attached hydrogens (tertiary/aromatic N) is 1. The molecule has 142 valence electrons. The second-order valence-corrected chi connectivity index (χ2v) is 6.00. The first kappa shape index (κ1) is 19.0. The normalized spacial score (nSPS) is 13.4. The average molecular weight is 378 g/mol. The van der Waals surface area contributed by atoms with Crippen molar-refractivity contribution in [2.24, 2.45) is 0 Å². The molecule has 7 heteroatoms. The number of hydrogen-bond donors (Lipinski definition) is 1. The second kappa shape index (κ2) is 8.73. The Bertz CT molecular complexity index is 962. The number of carbonyl (C=O) groups excluding carboxylic acids is 2. The summed E-state index contributed by atoms with van der Waals surface area (Å²) in [6, 6.07) is 13.8. The van der Waals surface area contributed by atoms with Crippen LogP contribution in [0.2, 0.25) is 0 Å². The summed E-state index contributed by atoms with van der Waals surface area (Å²) in [6.45, 7) is 2.46. The Morgan fingerprint density at radius 3 is 2.75 bits per heavy atom. The number of nitrogens with one attached hydrogen (secondary N) is 1. The first-order valence-corrected chi connectivity index (χ1v) is 8.64. The molecule has 0 unspecified atom stereocenters. The maximum Gasteiger partial charge on any atom is 0.331 e. The fourth-order valence-electron chi connectivity index (χ4n) is 2.51. The summed E-state index contributed by atoms with van der Waals surface area (Å²) in [5.41, 5.74) is 1.62. The third kappa shape index (κ3) is 4.89. The minimum absolute atomic E-state index is 0.421. The Labute approximate surface area is 162 Å². The molecule has 0 saturated carbocycles. The Hall–Kier alpha value is -3.79. The predicted octanol–water partition coefficient (Wildman–Crippen LogP) is 2.91. The molecule has 0 bridgehead atoms. The van der Waals surface area contributed by atoms with Gasteiger partial charge in [0.15, 0.2) is 17.6 Å². The summed E-state index contributed by atoms with van der Waals surface area (Å²) < 4.78 is 16.1. The zero-order valence-electron chi connectivity index (χ0n) is 15.2. The molecular weight excluding hydrogens is 360 g/mol. The monoisotopic (exact) mass is 378 g/mol. The molecule has 2 aromatic carbocycles. The number of amides is 1. The van der Waals surface area contributed by atoms with Crippen molar-refractivity contribution in [2.75, 3.05) is 18.5 Å². The molecule has 1 amide bonds. The van der Waals surface area contributed by atoms with Crippen LogP contribution in [0.5, 0.6) is 11.5 Å². The van der Waals surface area contributed by atoms with Crippen LogP contribution >= 0.6 is 0 Å². The van der Waals surface area contributed by atoms with Gasteiger partial charge in [-0.25, -0.2) is 4.79 Å². The Kier molecular flexibility index (Phi) is 5.92. The molecule has 28 heavy (non-hydrogen) atoms. The van der Waals surface area contributed by atoms with E-state index in [1.54, 1.807) is 42.5 Å². The van der Waals surface area contributed by atoms with Crippen LogP contribution in [0.15, 0.2) is 48.5 Å². The van der Waals surface area contributed by atoms with E-state index in [9.17, 15) is 9.59 Å². The summed E-state index contributed by atoms with van der Waals surface area (Å²) in [4.78, 5) is 24.1. The molecule has 3 rings (SSSR count). The van der Waals surface area contributed by atoms with Crippen molar-refractivity contribution < 1.29 is 23.8 Å². The fourth-order valence-corrected chi connectivity index (χ4v) is 2.51. The van der Waals surface area contributed by atoms with Gasteiger partial charge in [0.05, 0.1) is 11.6 Å². The molecule has 1 aliphatic heterocycles. The number of fused-ring (bicyclic) bond motifs is 1. The van der Waals surface area contributed by atoms with Gasteiger partial charge >= 0.3 is 5.97 Å². The lowest BCUT2D eigenvalue weighted by atomic mass is 10.2. The number of carbonyl (C=O) groups is 2. The zero-order valence-corrected chi connectivity index (χ0v) is 15.2. The maximum atomic E-state index is 12.2. The second-order valence-electron chi connectivity index (χ2n) is 6.00. The van der Waals surface area contributed by atoms with E-state index in [0.717, 1.165) is 5.56 Å². The van der Waals surface area contributed by atoms with E-state index in [4.69, 9.17) is 19.5 Å². The molecule has 0 spiro atoms. The highest BCUT2D eigenvalue weighted by atomic mass is 16.6. The number of ether oxygens (including phenoxy) is 3. The maximum absolute atomic E-state index is 12.2. The lowest BCUT2D eigenvalue weighted by molar-refractivity contribution is -0.148. The molecule has 1 N–H and O–H groups in total. The van der Waals surface area contributed by atoms with Crippen LogP contribution < -0.4 is 14.8 Å². The molecule has 0 saturated heterocycles. The van der Waals surface area contributed by atoms with Crippen molar-refractivity contribution in [3.63, 3.8) is 0 Å². The molecule has 2 aromatic rings. The highest BCUT2D eigenvalue weighted by Crippen LogP contribution is 2.31. The van der Waals surface area contributed by atoms with Gasteiger partial charge < -0.3 is 19.5 Å². The van der Waals surface area contributed by atoms with Crippen LogP contribution in [0.25, 0.3) is 6.08 Å². The lowest BCUT2D eigenvalue weighted by Crippen LogP contribution is -2.29. The smallest absolute Gasteiger partial charge is 0.331 e. The van der Waals surface area contributed by atoms with Crippen molar-refractivity contribution >= 4 is 23.6 Å². The van der Waals surface area contributed by atoms with Crippen LogP contribution in [0.1, 0.15) is 18.1 Å². The summed E-state index contributed by atoms with van der Waals surface area (Å²) in [7, 11) is 0. The van der Waals surface area contributed by atoms with E-state index >= 15 is 0 Å². The van der Waals surface area contributed by atoms with Gasteiger partial charge in [-0.3, -0.25) is 4.79 Å². The summed E-state index contributed by atoms with van der Waals surface area (Å²) in [5.74, 6) is 0.144. The van der Waals surface area contributed by atoms with E-state index < -0.39 is 18.0 Å². The van der Waals surface area contributed by atoms with E-state index in [2.05, 4.69) is 5.32 Å². The van der Waals surface area contributed by atoms with Crippen molar-refractivity contribution in [3.05, 3.63) is 59.7 Å². The highest BCUT2D eigenvalue weighted by molar-refractivity contribution is 5.96. The number of esters is 1. The predicted molar refractivity (Wildman–Crippen MR) is 102 cm³/mol. The number of hydrogen-bond acceptors (Lipinski definition) is 6. The SMILES string of the molecule is C[C@@H](OC(=O)/C=C/c1ccc2c(c1)OCCO2)C(=O)Nc1cccc(C#N)c1. The average Bonchev–Trinajstić information content (AvgIpc) is 2.72. The molecule has 1 aliphatic rings. The van der Waals surface area contributed by atoms with Gasteiger partial charge in [0, 0.05) is 11.8 Å². The minimum atomic E-state index is -0.997. The molecule has 1 heterocycles. The van der Waals surface area contributed by atoms with Gasteiger partial charge in [0.2, 0.25) is 0 Å². The Morgan fingerprint density at radius 2 is 1.96 bits per heavy atom. The molecule has 0 aliphatic carbocycles. The quantitative estimate of drug-likeness (QED) is 0.635. The van der Waals surface area contributed by atoms with Gasteiger partial charge in [0.1, 0.15) is 13.2 Å². The third-order valence-corrected chi connectivity index (χ3v) is 3.90. The lowest BCUT2D eigenvalue weighted by Gasteiger charge is -2.18. The Morgan fingerprint density at radius 1 is 1.18 bits per heavy atom. The third-order valence-electron chi connectivity index (χ3n) is 3.90. The van der Waals surface area contributed by atoms with Gasteiger partial charge in [-0.1, -0.05) is 12.1 Å². The van der Waals surface area contributed by atoms with Gasteiger partial charge in [-0.2, -0.15) is 5.26 Å². The number of benzene rings is 2. The van der Waals surface area contributed by atoms with Crippen molar-refractivity contribution in [1.82, 2.24) is 0 Å². The molecule has 0 radical (unpaired) electrons. The molecule has 7 nitrogen and oxygen atoms in total. The summed E-state index contributed by atoms with van der Waals surface area (Å²) in [6.07, 6.45) is 1.82. The van der Waals surface area contributed by atoms with Crippen LogP contribution in [0.3, 0.4) is 0 Å². The van der Waals surface area contributed by atoms with Crippen molar-refractivity contribution in [3.8, 4) is 17.6 Å². The van der Waals surface area contributed by atoms with Crippen LogP contribution in [-0.4, -0.2) is 31.2 Å². The van der Waals surface area contributed by atoms with E-state index in [-0.39, 0.29) is 0 Å². The Balaban J connectivity index is 1.55. The van der Waals surface area contributed by atoms with Crippen molar-refractivity contribution in [1.29, 1.82) is 5.26 Å². The van der Waals surface area contributed by atoms with Gasteiger partial charge in [0.25, 0.3) is 5.91 Å². The largest absolute Gasteiger partial charge is 0.486 e. The first-order valence-electron chi connectivity index (χ1n) is 8.64. The molecule has 0 aromatic heterocycles. The van der Waals surface area contributed by atoms with Crippen LogP contribution in [0.4, 0.5) is 5.69 Å². The van der Waals surface area contributed by atoms with E-state index in [1.807, 2.05) is 6.07 Å².